The lowest BCUT2D eigenvalue weighted by Gasteiger charge is -2.38. The van der Waals surface area contributed by atoms with Crippen molar-refractivity contribution in [1.29, 1.82) is 0 Å². The quantitative estimate of drug-likeness (QED) is 0.336. The molecular weight excluding hydrogens is 456 g/mol. The van der Waals surface area contributed by atoms with E-state index in [0.29, 0.717) is 0 Å². The van der Waals surface area contributed by atoms with Gasteiger partial charge in [-0.2, -0.15) is 4.68 Å². The van der Waals surface area contributed by atoms with Gasteiger partial charge in [0.25, 0.3) is 0 Å². The number of nitrogens with zero attached hydrogens (tertiary/aromatic N) is 6. The van der Waals surface area contributed by atoms with Crippen LogP contribution in [0.25, 0.3) is 11.8 Å². The monoisotopic (exact) mass is 492 g/mol. The highest BCUT2D eigenvalue weighted by Gasteiger charge is 2.31. The third kappa shape index (κ3) is 5.71. The van der Waals surface area contributed by atoms with E-state index in [-0.39, 0.29) is 6.04 Å². The molecule has 2 heterocycles. The fraction of sp³-hybridized carbons (Fsp3) is 0.323. The van der Waals surface area contributed by atoms with Gasteiger partial charge in [-0.3, -0.25) is 9.80 Å². The summed E-state index contributed by atoms with van der Waals surface area (Å²) in [5, 5.41) is 13.2. The van der Waals surface area contributed by atoms with Crippen molar-refractivity contribution in [2.45, 2.75) is 33.2 Å². The van der Waals surface area contributed by atoms with Crippen LogP contribution in [0.5, 0.6) is 0 Å². The van der Waals surface area contributed by atoms with Crippen LogP contribution in [0.3, 0.4) is 0 Å². The molecule has 6 heteroatoms. The van der Waals surface area contributed by atoms with Crippen LogP contribution in [0.1, 0.15) is 46.6 Å². The summed E-state index contributed by atoms with van der Waals surface area (Å²) in [6, 6.07) is 25.8. The zero-order valence-corrected chi connectivity index (χ0v) is 22.1. The van der Waals surface area contributed by atoms with E-state index < -0.39 is 0 Å². The molecule has 3 aromatic carbocycles. The van der Waals surface area contributed by atoms with Crippen LogP contribution >= 0.6 is 0 Å². The highest BCUT2D eigenvalue weighted by atomic mass is 15.6. The lowest BCUT2D eigenvalue weighted by atomic mass is 10.0. The first-order chi connectivity index (χ1) is 18.1. The Morgan fingerprint density at radius 2 is 1.54 bits per heavy atom. The number of aromatic nitrogens is 4. The van der Waals surface area contributed by atoms with E-state index in [9.17, 15) is 0 Å². The Morgan fingerprint density at radius 3 is 2.22 bits per heavy atom. The molecular formula is C31H36N6. The number of aryl methyl sites for hydroxylation is 3. The Labute approximate surface area is 220 Å². The van der Waals surface area contributed by atoms with Crippen molar-refractivity contribution >= 4 is 6.08 Å². The lowest BCUT2D eigenvalue weighted by Crippen LogP contribution is -2.48. The second-order valence-corrected chi connectivity index (χ2v) is 9.84. The molecule has 5 rings (SSSR count). The zero-order chi connectivity index (χ0) is 25.6. The summed E-state index contributed by atoms with van der Waals surface area (Å²) in [6.07, 6.45) is 5.51. The maximum Gasteiger partial charge on any atom is 0.178 e. The highest BCUT2D eigenvalue weighted by Crippen LogP contribution is 2.31. The standard InChI is InChI=1S/C31H36N6/c1-4-26-15-17-28(18-16-26)30(31-32-33-34-37(31)29-24(2)10-8-11-25(29)3)36-22-20-35(21-23-36)19-9-14-27-12-6-5-7-13-27/h5-18,30H,4,19-23H2,1-3H3/b14-9+/t30-/m0/s1. The minimum atomic E-state index is -0.0121. The fourth-order valence-corrected chi connectivity index (χ4v) is 5.23. The molecule has 0 saturated carbocycles. The molecule has 0 bridgehead atoms. The van der Waals surface area contributed by atoms with E-state index in [1.807, 2.05) is 4.68 Å². The Kier molecular flexibility index (Phi) is 7.87. The van der Waals surface area contributed by atoms with Gasteiger partial charge in [-0.15, -0.1) is 5.10 Å². The first-order valence-electron chi connectivity index (χ1n) is 13.3. The van der Waals surface area contributed by atoms with Crippen molar-refractivity contribution in [3.63, 3.8) is 0 Å². The molecule has 6 nitrogen and oxygen atoms in total. The number of hydrogen-bond acceptors (Lipinski definition) is 5. The van der Waals surface area contributed by atoms with Crippen molar-refractivity contribution < 1.29 is 0 Å². The Balaban J connectivity index is 1.39. The van der Waals surface area contributed by atoms with E-state index in [1.54, 1.807) is 0 Å². The molecule has 1 saturated heterocycles. The highest BCUT2D eigenvalue weighted by molar-refractivity contribution is 5.49. The largest absolute Gasteiger partial charge is 0.297 e. The molecule has 1 atom stereocenters. The molecule has 0 spiro atoms. The predicted molar refractivity (Wildman–Crippen MR) is 150 cm³/mol. The van der Waals surface area contributed by atoms with Crippen LogP contribution < -0.4 is 0 Å². The number of piperazine rings is 1. The first-order valence-corrected chi connectivity index (χ1v) is 13.3. The van der Waals surface area contributed by atoms with Crippen LogP contribution in [-0.2, 0) is 6.42 Å². The topological polar surface area (TPSA) is 50.1 Å². The first kappa shape index (κ1) is 25.1. The fourth-order valence-electron chi connectivity index (χ4n) is 5.23. The molecule has 1 aromatic heterocycles. The van der Waals surface area contributed by atoms with Gasteiger partial charge in [-0.05, 0) is 58.5 Å². The van der Waals surface area contributed by atoms with Crippen molar-refractivity contribution in [2.24, 2.45) is 0 Å². The summed E-state index contributed by atoms with van der Waals surface area (Å²) in [6.45, 7) is 11.3. The normalized spacial score (nSPS) is 15.9. The number of tetrazole rings is 1. The van der Waals surface area contributed by atoms with Gasteiger partial charge in [0.15, 0.2) is 5.82 Å². The molecule has 1 fully saturated rings. The Hall–Kier alpha value is -3.61. The molecule has 0 aliphatic carbocycles. The minimum absolute atomic E-state index is 0.0121. The Morgan fingerprint density at radius 1 is 0.838 bits per heavy atom. The molecule has 0 amide bonds. The number of hydrogen-bond donors (Lipinski definition) is 0. The third-order valence-corrected chi connectivity index (χ3v) is 7.34. The van der Waals surface area contributed by atoms with E-state index in [1.165, 1.54) is 27.8 Å². The molecule has 1 aliphatic rings. The molecule has 1 aliphatic heterocycles. The SMILES string of the molecule is CCc1ccc([C@@H](c2nnnn2-c2c(C)cccc2C)N2CCN(C/C=C/c3ccccc3)CC2)cc1. The summed E-state index contributed by atoms with van der Waals surface area (Å²) in [5.41, 5.74) is 7.23. The minimum Gasteiger partial charge on any atom is -0.297 e. The van der Waals surface area contributed by atoms with Gasteiger partial charge in [0.05, 0.1) is 11.7 Å². The van der Waals surface area contributed by atoms with E-state index >= 15 is 0 Å². The van der Waals surface area contributed by atoms with E-state index in [4.69, 9.17) is 0 Å². The van der Waals surface area contributed by atoms with Crippen LogP contribution in [-0.4, -0.2) is 62.7 Å². The zero-order valence-electron chi connectivity index (χ0n) is 22.1. The van der Waals surface area contributed by atoms with Gasteiger partial charge in [-0.25, -0.2) is 0 Å². The van der Waals surface area contributed by atoms with Gasteiger partial charge < -0.3 is 0 Å². The van der Waals surface area contributed by atoms with Gasteiger partial charge >= 0.3 is 0 Å². The van der Waals surface area contributed by atoms with Crippen molar-refractivity contribution in [1.82, 2.24) is 30.0 Å². The maximum absolute atomic E-state index is 4.61. The molecule has 0 unspecified atom stereocenters. The number of para-hydroxylation sites is 1. The molecule has 0 radical (unpaired) electrons. The maximum atomic E-state index is 4.61. The molecule has 37 heavy (non-hydrogen) atoms. The predicted octanol–water partition coefficient (Wildman–Crippen LogP) is 5.26. The molecule has 4 aromatic rings. The summed E-state index contributed by atoms with van der Waals surface area (Å²) >= 11 is 0. The summed E-state index contributed by atoms with van der Waals surface area (Å²) in [5.74, 6) is 0.874. The van der Waals surface area contributed by atoms with Gasteiger partial charge in [0.2, 0.25) is 0 Å². The lowest BCUT2D eigenvalue weighted by molar-refractivity contribution is 0.113. The van der Waals surface area contributed by atoms with Gasteiger partial charge in [0, 0.05) is 32.7 Å². The van der Waals surface area contributed by atoms with Gasteiger partial charge in [0.1, 0.15) is 0 Å². The smallest absolute Gasteiger partial charge is 0.178 e. The van der Waals surface area contributed by atoms with Crippen LogP contribution in [0, 0.1) is 13.8 Å². The van der Waals surface area contributed by atoms with Crippen molar-refractivity contribution in [3.05, 3.63) is 113 Å². The second-order valence-electron chi connectivity index (χ2n) is 9.84. The van der Waals surface area contributed by atoms with Crippen LogP contribution in [0.2, 0.25) is 0 Å². The van der Waals surface area contributed by atoms with Crippen molar-refractivity contribution in [3.8, 4) is 5.69 Å². The molecule has 190 valence electrons. The average molecular weight is 493 g/mol. The number of rotatable bonds is 8. The molecule has 0 N–H and O–H groups in total. The third-order valence-electron chi connectivity index (χ3n) is 7.34. The summed E-state index contributed by atoms with van der Waals surface area (Å²) in [4.78, 5) is 5.05. The summed E-state index contributed by atoms with van der Waals surface area (Å²) < 4.78 is 1.96. The van der Waals surface area contributed by atoms with Gasteiger partial charge in [-0.1, -0.05) is 91.9 Å². The van der Waals surface area contributed by atoms with E-state index in [0.717, 1.165) is 50.7 Å². The Bertz CT molecular complexity index is 1300. The van der Waals surface area contributed by atoms with Crippen LogP contribution in [0.4, 0.5) is 0 Å². The number of benzene rings is 3. The average Bonchev–Trinajstić information content (AvgIpc) is 3.39. The van der Waals surface area contributed by atoms with Crippen LogP contribution in [0.15, 0.2) is 78.9 Å². The second kappa shape index (κ2) is 11.6. The van der Waals surface area contributed by atoms with Crippen molar-refractivity contribution in [2.75, 3.05) is 32.7 Å². The summed E-state index contributed by atoms with van der Waals surface area (Å²) in [7, 11) is 0. The van der Waals surface area contributed by atoms with E-state index in [2.05, 4.69) is 131 Å².